The van der Waals surface area contributed by atoms with Crippen molar-refractivity contribution in [3.63, 3.8) is 0 Å². The molecule has 2 N–H and O–H groups in total. The summed E-state index contributed by atoms with van der Waals surface area (Å²) < 4.78 is 13.0. The highest BCUT2D eigenvalue weighted by Gasteiger charge is 2.04. The zero-order valence-electron chi connectivity index (χ0n) is 9.65. The Kier molecular flexibility index (Phi) is 3.82. The molecular weight excluding hydrogens is 219 g/mol. The van der Waals surface area contributed by atoms with Crippen LogP contribution >= 0.6 is 0 Å². The van der Waals surface area contributed by atoms with Crippen molar-refractivity contribution in [1.29, 1.82) is 0 Å². The quantitative estimate of drug-likeness (QED) is 0.827. The van der Waals surface area contributed by atoms with E-state index >= 15 is 0 Å². The van der Waals surface area contributed by atoms with E-state index in [9.17, 15) is 4.39 Å². The van der Waals surface area contributed by atoms with Crippen molar-refractivity contribution in [3.05, 3.63) is 47.8 Å². The number of aromatic nitrogens is 3. The summed E-state index contributed by atoms with van der Waals surface area (Å²) in [6.45, 7) is 2.69. The van der Waals surface area contributed by atoms with Crippen LogP contribution in [-0.4, -0.2) is 21.2 Å². The van der Waals surface area contributed by atoms with Gasteiger partial charge in [0.1, 0.15) is 18.0 Å². The monoisotopic (exact) mass is 234 g/mol. The predicted octanol–water partition coefficient (Wildman–Crippen LogP) is 1.66. The molecule has 0 aliphatic heterocycles. The van der Waals surface area contributed by atoms with Crippen LogP contribution in [0.3, 0.4) is 0 Å². The van der Waals surface area contributed by atoms with Gasteiger partial charge in [-0.15, -0.1) is 0 Å². The molecule has 0 saturated heterocycles. The zero-order valence-corrected chi connectivity index (χ0v) is 9.65. The number of rotatable bonds is 5. The van der Waals surface area contributed by atoms with Crippen LogP contribution in [0.5, 0.6) is 0 Å². The van der Waals surface area contributed by atoms with Crippen LogP contribution in [0.1, 0.15) is 18.3 Å². The van der Waals surface area contributed by atoms with E-state index in [4.69, 9.17) is 0 Å². The largest absolute Gasteiger partial charge is 0.307 e. The fourth-order valence-electron chi connectivity index (χ4n) is 1.68. The summed E-state index contributed by atoms with van der Waals surface area (Å²) in [4.78, 5) is 4.02. The topological polar surface area (TPSA) is 53.6 Å². The lowest BCUT2D eigenvalue weighted by molar-refractivity contribution is 0.532. The van der Waals surface area contributed by atoms with E-state index in [1.54, 1.807) is 12.1 Å². The second-order valence-electron chi connectivity index (χ2n) is 4.05. The van der Waals surface area contributed by atoms with Crippen molar-refractivity contribution in [2.45, 2.75) is 25.9 Å². The summed E-state index contributed by atoms with van der Waals surface area (Å²) >= 11 is 0. The Morgan fingerprint density at radius 2 is 2.35 bits per heavy atom. The van der Waals surface area contributed by atoms with Gasteiger partial charge in [0.05, 0.1) is 6.54 Å². The first kappa shape index (κ1) is 11.7. The highest BCUT2D eigenvalue weighted by molar-refractivity contribution is 5.17. The molecule has 0 bridgehead atoms. The number of H-pyrrole nitrogens is 1. The molecule has 0 amide bonds. The van der Waals surface area contributed by atoms with Crippen LogP contribution in [0, 0.1) is 5.82 Å². The lowest BCUT2D eigenvalue weighted by Crippen LogP contribution is -2.28. The van der Waals surface area contributed by atoms with E-state index in [-0.39, 0.29) is 11.9 Å². The number of aromatic amines is 1. The fraction of sp³-hybridized carbons (Fsp3) is 0.333. The molecule has 4 nitrogen and oxygen atoms in total. The summed E-state index contributed by atoms with van der Waals surface area (Å²) in [7, 11) is 0. The minimum Gasteiger partial charge on any atom is -0.307 e. The van der Waals surface area contributed by atoms with Gasteiger partial charge in [-0.05, 0) is 31.0 Å². The molecule has 0 aliphatic carbocycles. The zero-order chi connectivity index (χ0) is 12.1. The molecule has 17 heavy (non-hydrogen) atoms. The van der Waals surface area contributed by atoms with E-state index in [0.717, 1.165) is 17.8 Å². The maximum Gasteiger partial charge on any atom is 0.138 e. The predicted molar refractivity (Wildman–Crippen MR) is 62.8 cm³/mol. The molecule has 1 heterocycles. The number of hydrogen-bond acceptors (Lipinski definition) is 3. The van der Waals surface area contributed by atoms with Crippen LogP contribution in [0.15, 0.2) is 30.6 Å². The van der Waals surface area contributed by atoms with Gasteiger partial charge in [-0.2, -0.15) is 5.10 Å². The Bertz CT molecular complexity index is 455. The van der Waals surface area contributed by atoms with Gasteiger partial charge in [0, 0.05) is 6.04 Å². The van der Waals surface area contributed by atoms with Crippen molar-refractivity contribution >= 4 is 0 Å². The van der Waals surface area contributed by atoms with Gasteiger partial charge in [-0.3, -0.25) is 5.10 Å². The minimum atomic E-state index is -0.190. The molecular formula is C12H15FN4. The SMILES string of the molecule is CC(Cc1cccc(F)c1)NCc1ncn[nH]1. The van der Waals surface area contributed by atoms with Gasteiger partial charge in [-0.1, -0.05) is 12.1 Å². The van der Waals surface area contributed by atoms with E-state index in [1.807, 2.05) is 6.07 Å². The summed E-state index contributed by atoms with van der Waals surface area (Å²) in [5.74, 6) is 0.612. The highest BCUT2D eigenvalue weighted by atomic mass is 19.1. The molecule has 0 aliphatic rings. The molecule has 0 spiro atoms. The molecule has 0 radical (unpaired) electrons. The molecule has 1 aromatic heterocycles. The second kappa shape index (κ2) is 5.54. The molecule has 2 rings (SSSR count). The summed E-state index contributed by atoms with van der Waals surface area (Å²) in [6.07, 6.45) is 2.26. The first-order chi connectivity index (χ1) is 8.24. The number of benzene rings is 1. The Morgan fingerprint density at radius 3 is 3.06 bits per heavy atom. The summed E-state index contributed by atoms with van der Waals surface area (Å²) in [5.41, 5.74) is 0.988. The number of halogens is 1. The van der Waals surface area contributed by atoms with E-state index in [0.29, 0.717) is 6.54 Å². The van der Waals surface area contributed by atoms with Gasteiger partial charge in [0.15, 0.2) is 0 Å². The summed E-state index contributed by atoms with van der Waals surface area (Å²) in [6, 6.07) is 6.92. The van der Waals surface area contributed by atoms with Gasteiger partial charge >= 0.3 is 0 Å². The molecule has 2 aromatic rings. The maximum absolute atomic E-state index is 13.0. The van der Waals surface area contributed by atoms with Gasteiger partial charge in [0.2, 0.25) is 0 Å². The maximum atomic E-state index is 13.0. The van der Waals surface area contributed by atoms with E-state index in [1.165, 1.54) is 12.4 Å². The molecule has 90 valence electrons. The Hall–Kier alpha value is -1.75. The summed E-state index contributed by atoms with van der Waals surface area (Å²) in [5, 5.41) is 9.85. The second-order valence-corrected chi connectivity index (χ2v) is 4.05. The molecule has 1 unspecified atom stereocenters. The first-order valence-corrected chi connectivity index (χ1v) is 5.56. The average Bonchev–Trinajstić information content (AvgIpc) is 2.79. The molecule has 1 aromatic carbocycles. The molecule has 1 atom stereocenters. The number of nitrogens with zero attached hydrogens (tertiary/aromatic N) is 2. The van der Waals surface area contributed by atoms with Crippen molar-refractivity contribution in [1.82, 2.24) is 20.5 Å². The first-order valence-electron chi connectivity index (χ1n) is 5.56. The highest BCUT2D eigenvalue weighted by Crippen LogP contribution is 2.06. The van der Waals surface area contributed by atoms with Crippen molar-refractivity contribution in [3.8, 4) is 0 Å². The van der Waals surface area contributed by atoms with Crippen LogP contribution in [0.4, 0.5) is 4.39 Å². The Labute approximate surface area is 99.3 Å². The average molecular weight is 234 g/mol. The van der Waals surface area contributed by atoms with Gasteiger partial charge in [0.25, 0.3) is 0 Å². The number of hydrogen-bond donors (Lipinski definition) is 2. The fourth-order valence-corrected chi connectivity index (χ4v) is 1.68. The smallest absolute Gasteiger partial charge is 0.138 e. The Balaban J connectivity index is 1.83. The normalized spacial score (nSPS) is 12.6. The standard InChI is InChI=1S/C12H15FN4/c1-9(14-7-12-15-8-16-17-12)5-10-3-2-4-11(13)6-10/h2-4,6,8-9,14H,5,7H2,1H3,(H,15,16,17). The minimum absolute atomic E-state index is 0.190. The van der Waals surface area contributed by atoms with Crippen LogP contribution in [-0.2, 0) is 13.0 Å². The van der Waals surface area contributed by atoms with E-state index in [2.05, 4.69) is 27.4 Å². The van der Waals surface area contributed by atoms with Crippen LogP contribution in [0.2, 0.25) is 0 Å². The third-order valence-electron chi connectivity index (χ3n) is 2.51. The van der Waals surface area contributed by atoms with Gasteiger partial charge < -0.3 is 5.32 Å². The van der Waals surface area contributed by atoms with Crippen LogP contribution < -0.4 is 5.32 Å². The van der Waals surface area contributed by atoms with Crippen molar-refractivity contribution in [2.24, 2.45) is 0 Å². The van der Waals surface area contributed by atoms with Crippen molar-refractivity contribution in [2.75, 3.05) is 0 Å². The molecule has 0 fully saturated rings. The van der Waals surface area contributed by atoms with Crippen LogP contribution in [0.25, 0.3) is 0 Å². The third-order valence-corrected chi connectivity index (χ3v) is 2.51. The number of nitrogens with one attached hydrogen (secondary N) is 2. The lowest BCUT2D eigenvalue weighted by Gasteiger charge is -2.12. The van der Waals surface area contributed by atoms with E-state index < -0.39 is 0 Å². The molecule has 5 heteroatoms. The van der Waals surface area contributed by atoms with Gasteiger partial charge in [-0.25, -0.2) is 9.37 Å². The third kappa shape index (κ3) is 3.64. The Morgan fingerprint density at radius 1 is 1.47 bits per heavy atom. The van der Waals surface area contributed by atoms with Crippen molar-refractivity contribution < 1.29 is 4.39 Å². The molecule has 0 saturated carbocycles. The lowest BCUT2D eigenvalue weighted by atomic mass is 10.1.